The number of piperidine rings is 1. The summed E-state index contributed by atoms with van der Waals surface area (Å²) in [4.78, 5) is 2.37. The van der Waals surface area contributed by atoms with Crippen LogP contribution in [0.2, 0.25) is 0 Å². The Kier molecular flexibility index (Phi) is 3.41. The molecule has 0 bridgehead atoms. The molecule has 1 aliphatic heterocycles. The summed E-state index contributed by atoms with van der Waals surface area (Å²) in [5.74, 6) is 0.629. The Bertz CT molecular complexity index is 524. The number of likely N-dealkylation sites (N-methyl/N-ethyl adjacent to an activating group) is 1. The molecule has 6 heteroatoms. The largest absolute Gasteiger partial charge is 0.381 e. The normalized spacial score (nSPS) is 20.4. The first-order valence-corrected chi connectivity index (χ1v) is 6.60. The second-order valence-electron chi connectivity index (χ2n) is 5.06. The van der Waals surface area contributed by atoms with Crippen molar-refractivity contribution >= 4 is 5.69 Å². The van der Waals surface area contributed by atoms with Gasteiger partial charge >= 0.3 is 0 Å². The Hall–Kier alpha value is -1.95. The first kappa shape index (κ1) is 12.1. The zero-order chi connectivity index (χ0) is 13.1. The molecule has 6 nitrogen and oxygen atoms in total. The highest BCUT2D eigenvalue weighted by Crippen LogP contribution is 2.20. The molecule has 1 fully saturated rings. The maximum Gasteiger partial charge on any atom is 0.204 e. The Balaban J connectivity index is 1.73. The fourth-order valence-electron chi connectivity index (χ4n) is 2.55. The van der Waals surface area contributed by atoms with Gasteiger partial charge in [0, 0.05) is 23.8 Å². The molecular weight excluding hydrogens is 240 g/mol. The minimum absolute atomic E-state index is 0.513. The number of tetrazole rings is 1. The summed E-state index contributed by atoms with van der Waals surface area (Å²) in [6.07, 6.45) is 2.47. The number of hydrogen-bond donors (Lipinski definition) is 2. The average molecular weight is 258 g/mol. The molecule has 1 saturated heterocycles. The van der Waals surface area contributed by atoms with Crippen LogP contribution in [0.25, 0.3) is 11.4 Å². The van der Waals surface area contributed by atoms with Crippen molar-refractivity contribution in [1.29, 1.82) is 0 Å². The second kappa shape index (κ2) is 5.36. The van der Waals surface area contributed by atoms with Crippen LogP contribution in [-0.2, 0) is 0 Å². The Labute approximate surface area is 112 Å². The van der Waals surface area contributed by atoms with Gasteiger partial charge in [-0.15, -0.1) is 10.2 Å². The van der Waals surface area contributed by atoms with E-state index in [1.54, 1.807) is 0 Å². The molecule has 0 aliphatic carbocycles. The summed E-state index contributed by atoms with van der Waals surface area (Å²) in [5.41, 5.74) is 2.09. The van der Waals surface area contributed by atoms with E-state index in [9.17, 15) is 0 Å². The van der Waals surface area contributed by atoms with Crippen molar-refractivity contribution in [2.75, 3.05) is 25.5 Å². The number of aromatic amines is 1. The van der Waals surface area contributed by atoms with Crippen molar-refractivity contribution in [3.05, 3.63) is 24.3 Å². The summed E-state index contributed by atoms with van der Waals surface area (Å²) < 4.78 is 0. The molecule has 0 amide bonds. The predicted molar refractivity (Wildman–Crippen MR) is 73.8 cm³/mol. The van der Waals surface area contributed by atoms with Crippen LogP contribution >= 0.6 is 0 Å². The van der Waals surface area contributed by atoms with Gasteiger partial charge in [0.15, 0.2) is 0 Å². The van der Waals surface area contributed by atoms with Crippen LogP contribution in [-0.4, -0.2) is 51.7 Å². The Morgan fingerprint density at radius 1 is 1.42 bits per heavy atom. The molecule has 1 aliphatic rings. The zero-order valence-corrected chi connectivity index (χ0v) is 11.0. The molecule has 1 unspecified atom stereocenters. The number of likely N-dealkylation sites (tertiary alicyclic amines) is 1. The van der Waals surface area contributed by atoms with Crippen molar-refractivity contribution in [2.24, 2.45) is 0 Å². The van der Waals surface area contributed by atoms with Gasteiger partial charge in [-0.05, 0) is 43.8 Å². The predicted octanol–water partition coefficient (Wildman–Crippen LogP) is 1.37. The van der Waals surface area contributed by atoms with Gasteiger partial charge in [0.2, 0.25) is 5.82 Å². The van der Waals surface area contributed by atoms with Gasteiger partial charge in [0.1, 0.15) is 0 Å². The summed E-state index contributed by atoms with van der Waals surface area (Å²) in [6.45, 7) is 2.29. The monoisotopic (exact) mass is 258 g/mol. The van der Waals surface area contributed by atoms with E-state index in [0.717, 1.165) is 17.8 Å². The number of benzene rings is 1. The molecule has 19 heavy (non-hydrogen) atoms. The van der Waals surface area contributed by atoms with Gasteiger partial charge in [-0.1, -0.05) is 12.1 Å². The van der Waals surface area contributed by atoms with Crippen LogP contribution in [0.15, 0.2) is 24.3 Å². The third kappa shape index (κ3) is 2.90. The standard InChI is InChI=1S/C13H18N6/c1-19-7-3-6-12(9-19)14-11-5-2-4-10(8-11)13-15-17-18-16-13/h2,4-5,8,12,14H,3,6-7,9H2,1H3,(H,15,16,17,18). The Morgan fingerprint density at radius 3 is 3.16 bits per heavy atom. The summed E-state index contributed by atoms with van der Waals surface area (Å²) in [5, 5.41) is 17.7. The molecule has 1 aromatic carbocycles. The van der Waals surface area contributed by atoms with E-state index >= 15 is 0 Å². The SMILES string of the molecule is CN1CCCC(Nc2cccc(-c3nn[nH]n3)c2)C1. The molecule has 0 spiro atoms. The van der Waals surface area contributed by atoms with Crippen LogP contribution < -0.4 is 5.32 Å². The number of rotatable bonds is 3. The molecule has 100 valence electrons. The highest BCUT2D eigenvalue weighted by Gasteiger charge is 2.16. The highest BCUT2D eigenvalue weighted by atomic mass is 15.5. The van der Waals surface area contributed by atoms with Crippen LogP contribution in [0.4, 0.5) is 5.69 Å². The summed E-state index contributed by atoms with van der Waals surface area (Å²) in [7, 11) is 2.17. The minimum atomic E-state index is 0.513. The van der Waals surface area contributed by atoms with E-state index in [0.29, 0.717) is 11.9 Å². The average Bonchev–Trinajstić information content (AvgIpc) is 2.93. The van der Waals surface area contributed by atoms with E-state index in [1.165, 1.54) is 19.4 Å². The third-order valence-electron chi connectivity index (χ3n) is 3.46. The van der Waals surface area contributed by atoms with E-state index < -0.39 is 0 Å². The smallest absolute Gasteiger partial charge is 0.204 e. The van der Waals surface area contributed by atoms with Crippen molar-refractivity contribution in [3.8, 4) is 11.4 Å². The maximum atomic E-state index is 4.00. The van der Waals surface area contributed by atoms with E-state index in [1.807, 2.05) is 12.1 Å². The van der Waals surface area contributed by atoms with Crippen LogP contribution in [0.5, 0.6) is 0 Å². The number of H-pyrrole nitrogens is 1. The molecule has 2 N–H and O–H groups in total. The molecule has 1 aromatic heterocycles. The lowest BCUT2D eigenvalue weighted by molar-refractivity contribution is 0.261. The third-order valence-corrected chi connectivity index (χ3v) is 3.46. The summed E-state index contributed by atoms with van der Waals surface area (Å²) >= 11 is 0. The van der Waals surface area contributed by atoms with Gasteiger partial charge in [-0.2, -0.15) is 5.21 Å². The second-order valence-corrected chi connectivity index (χ2v) is 5.06. The number of aromatic nitrogens is 4. The van der Waals surface area contributed by atoms with Gasteiger partial charge in [-0.25, -0.2) is 0 Å². The van der Waals surface area contributed by atoms with E-state index in [2.05, 4.69) is 50.0 Å². The van der Waals surface area contributed by atoms with Gasteiger partial charge in [-0.3, -0.25) is 0 Å². The van der Waals surface area contributed by atoms with Crippen LogP contribution in [0.3, 0.4) is 0 Å². The van der Waals surface area contributed by atoms with E-state index in [4.69, 9.17) is 0 Å². The van der Waals surface area contributed by atoms with Gasteiger partial charge < -0.3 is 10.2 Å². The number of anilines is 1. The lowest BCUT2D eigenvalue weighted by Gasteiger charge is -2.30. The maximum absolute atomic E-state index is 4.00. The molecule has 3 rings (SSSR count). The van der Waals surface area contributed by atoms with Crippen LogP contribution in [0.1, 0.15) is 12.8 Å². The van der Waals surface area contributed by atoms with Gasteiger partial charge in [0.05, 0.1) is 0 Å². The zero-order valence-electron chi connectivity index (χ0n) is 11.0. The first-order valence-electron chi connectivity index (χ1n) is 6.60. The molecule has 2 heterocycles. The topological polar surface area (TPSA) is 69.7 Å². The first-order chi connectivity index (χ1) is 9.31. The molecular formula is C13H18N6. The minimum Gasteiger partial charge on any atom is -0.381 e. The lowest BCUT2D eigenvalue weighted by Crippen LogP contribution is -2.39. The van der Waals surface area contributed by atoms with Crippen molar-refractivity contribution in [3.63, 3.8) is 0 Å². The molecule has 2 aromatic rings. The number of nitrogens with zero attached hydrogens (tertiary/aromatic N) is 4. The van der Waals surface area contributed by atoms with Crippen molar-refractivity contribution in [1.82, 2.24) is 25.5 Å². The molecule has 0 saturated carbocycles. The Morgan fingerprint density at radius 2 is 2.37 bits per heavy atom. The fraction of sp³-hybridized carbons (Fsp3) is 0.462. The molecule has 1 atom stereocenters. The summed E-state index contributed by atoms with van der Waals surface area (Å²) in [6, 6.07) is 8.67. The fourth-order valence-corrected chi connectivity index (χ4v) is 2.55. The van der Waals surface area contributed by atoms with Crippen molar-refractivity contribution < 1.29 is 0 Å². The highest BCUT2D eigenvalue weighted by molar-refractivity contribution is 5.61. The number of nitrogens with one attached hydrogen (secondary N) is 2. The number of hydrogen-bond acceptors (Lipinski definition) is 5. The lowest BCUT2D eigenvalue weighted by atomic mass is 10.1. The molecule has 0 radical (unpaired) electrons. The van der Waals surface area contributed by atoms with Crippen molar-refractivity contribution in [2.45, 2.75) is 18.9 Å². The quantitative estimate of drug-likeness (QED) is 0.870. The van der Waals surface area contributed by atoms with Crippen LogP contribution in [0, 0.1) is 0 Å². The van der Waals surface area contributed by atoms with E-state index in [-0.39, 0.29) is 0 Å². The van der Waals surface area contributed by atoms with Gasteiger partial charge in [0.25, 0.3) is 0 Å².